The Kier molecular flexibility index (Phi) is 5.31. The molecule has 0 radical (unpaired) electrons. The summed E-state index contributed by atoms with van der Waals surface area (Å²) in [6.07, 6.45) is 0. The highest BCUT2D eigenvalue weighted by Crippen LogP contribution is 2.17. The van der Waals surface area contributed by atoms with Crippen LogP contribution in [0.2, 0.25) is 5.02 Å². The molecular formula is C20H15ClFNO2. The molecule has 0 saturated carbocycles. The zero-order valence-corrected chi connectivity index (χ0v) is 14.0. The van der Waals surface area contributed by atoms with Crippen LogP contribution >= 0.6 is 11.6 Å². The highest BCUT2D eigenvalue weighted by atomic mass is 35.5. The Morgan fingerprint density at radius 3 is 2.20 bits per heavy atom. The van der Waals surface area contributed by atoms with Gasteiger partial charge >= 0.3 is 0 Å². The maximum atomic E-state index is 12.9. The Morgan fingerprint density at radius 2 is 1.56 bits per heavy atom. The number of hydrogen-bond acceptors (Lipinski definition) is 2. The van der Waals surface area contributed by atoms with E-state index in [9.17, 15) is 9.18 Å². The number of anilines is 1. The number of nitrogens with one attached hydrogen (secondary N) is 1. The fourth-order valence-electron chi connectivity index (χ4n) is 2.19. The molecule has 3 nitrogen and oxygen atoms in total. The van der Waals surface area contributed by atoms with Crippen molar-refractivity contribution in [1.29, 1.82) is 0 Å². The molecule has 0 bridgehead atoms. The van der Waals surface area contributed by atoms with Crippen LogP contribution in [0.1, 0.15) is 15.9 Å². The minimum Gasteiger partial charge on any atom is -0.489 e. The minimum atomic E-state index is -0.344. The van der Waals surface area contributed by atoms with E-state index in [1.54, 1.807) is 36.4 Å². The van der Waals surface area contributed by atoms with E-state index in [1.807, 2.05) is 12.1 Å². The molecule has 5 heteroatoms. The van der Waals surface area contributed by atoms with Gasteiger partial charge in [-0.1, -0.05) is 23.7 Å². The van der Waals surface area contributed by atoms with Gasteiger partial charge in [-0.05, 0) is 66.2 Å². The van der Waals surface area contributed by atoms with E-state index >= 15 is 0 Å². The molecule has 1 amide bonds. The Labute approximate surface area is 150 Å². The monoisotopic (exact) mass is 355 g/mol. The third-order valence-electron chi connectivity index (χ3n) is 3.54. The Balaban J connectivity index is 1.58. The molecule has 25 heavy (non-hydrogen) atoms. The number of carbonyl (C=O) groups is 1. The lowest BCUT2D eigenvalue weighted by molar-refractivity contribution is 0.102. The quantitative estimate of drug-likeness (QED) is 0.673. The van der Waals surface area contributed by atoms with Crippen molar-refractivity contribution in [1.82, 2.24) is 0 Å². The van der Waals surface area contributed by atoms with Crippen LogP contribution in [0.15, 0.2) is 72.8 Å². The maximum Gasteiger partial charge on any atom is 0.255 e. The van der Waals surface area contributed by atoms with Gasteiger partial charge < -0.3 is 10.1 Å². The van der Waals surface area contributed by atoms with Crippen LogP contribution in [0.4, 0.5) is 10.1 Å². The summed E-state index contributed by atoms with van der Waals surface area (Å²) < 4.78 is 18.5. The smallest absolute Gasteiger partial charge is 0.255 e. The summed E-state index contributed by atoms with van der Waals surface area (Å²) in [5.41, 5.74) is 1.99. The Bertz CT molecular complexity index is 846. The first kappa shape index (κ1) is 17.0. The molecule has 126 valence electrons. The molecule has 0 heterocycles. The number of halogens is 2. The average Bonchev–Trinajstić information content (AvgIpc) is 2.63. The largest absolute Gasteiger partial charge is 0.489 e. The van der Waals surface area contributed by atoms with Crippen LogP contribution in [-0.2, 0) is 6.61 Å². The van der Waals surface area contributed by atoms with Crippen molar-refractivity contribution < 1.29 is 13.9 Å². The first-order valence-corrected chi connectivity index (χ1v) is 8.02. The van der Waals surface area contributed by atoms with E-state index in [0.29, 0.717) is 22.9 Å². The molecule has 3 aromatic rings. The summed E-state index contributed by atoms with van der Waals surface area (Å²) in [4.78, 5) is 12.2. The molecule has 0 aliphatic rings. The van der Waals surface area contributed by atoms with Gasteiger partial charge in [0.25, 0.3) is 5.91 Å². The zero-order chi connectivity index (χ0) is 17.6. The third-order valence-corrected chi connectivity index (χ3v) is 3.79. The summed E-state index contributed by atoms with van der Waals surface area (Å²) in [7, 11) is 0. The van der Waals surface area contributed by atoms with Crippen molar-refractivity contribution in [3.8, 4) is 5.75 Å². The normalized spacial score (nSPS) is 10.3. The minimum absolute atomic E-state index is 0.253. The van der Waals surface area contributed by atoms with Gasteiger partial charge in [0.05, 0.1) is 0 Å². The van der Waals surface area contributed by atoms with E-state index in [-0.39, 0.29) is 11.7 Å². The second kappa shape index (κ2) is 7.81. The number of hydrogen-bond donors (Lipinski definition) is 1. The van der Waals surface area contributed by atoms with Crippen LogP contribution in [0.5, 0.6) is 5.75 Å². The van der Waals surface area contributed by atoms with Crippen LogP contribution in [0.3, 0.4) is 0 Å². The number of benzene rings is 3. The summed E-state index contributed by atoms with van der Waals surface area (Å²) in [5.74, 6) is 0.127. The second-order valence-corrected chi connectivity index (χ2v) is 5.84. The zero-order valence-electron chi connectivity index (χ0n) is 13.2. The van der Waals surface area contributed by atoms with E-state index in [2.05, 4.69) is 5.32 Å². The predicted molar refractivity (Wildman–Crippen MR) is 96.6 cm³/mol. The summed E-state index contributed by atoms with van der Waals surface area (Å²) in [6, 6.07) is 19.9. The molecule has 0 aliphatic heterocycles. The fourth-order valence-corrected chi connectivity index (χ4v) is 2.31. The van der Waals surface area contributed by atoms with Crippen molar-refractivity contribution in [3.63, 3.8) is 0 Å². The number of amides is 1. The lowest BCUT2D eigenvalue weighted by Crippen LogP contribution is -2.11. The Hall–Kier alpha value is -2.85. The standard InChI is InChI=1S/C20H15ClFNO2/c21-16-5-11-19(12-6-16)25-13-14-1-3-15(4-2-14)20(24)23-18-9-7-17(22)8-10-18/h1-12H,13H2,(H,23,24). The van der Waals surface area contributed by atoms with Crippen molar-refractivity contribution in [2.75, 3.05) is 5.32 Å². The first-order valence-electron chi connectivity index (χ1n) is 7.64. The molecule has 1 N–H and O–H groups in total. The highest BCUT2D eigenvalue weighted by molar-refractivity contribution is 6.30. The number of ether oxygens (including phenoxy) is 1. The summed E-state index contributed by atoms with van der Waals surface area (Å²) in [6.45, 7) is 0.390. The fraction of sp³-hybridized carbons (Fsp3) is 0.0500. The summed E-state index contributed by atoms with van der Waals surface area (Å²) >= 11 is 5.83. The summed E-state index contributed by atoms with van der Waals surface area (Å²) in [5, 5.41) is 3.38. The third kappa shape index (κ3) is 4.81. The van der Waals surface area contributed by atoms with Gasteiger partial charge in [0, 0.05) is 16.3 Å². The number of carbonyl (C=O) groups excluding carboxylic acids is 1. The average molecular weight is 356 g/mol. The van der Waals surface area contributed by atoms with Gasteiger partial charge in [0.1, 0.15) is 18.2 Å². The lowest BCUT2D eigenvalue weighted by atomic mass is 10.1. The predicted octanol–water partition coefficient (Wildman–Crippen LogP) is 5.31. The van der Waals surface area contributed by atoms with Gasteiger partial charge in [0.2, 0.25) is 0 Å². The van der Waals surface area contributed by atoms with E-state index in [0.717, 1.165) is 11.3 Å². The van der Waals surface area contributed by atoms with E-state index < -0.39 is 0 Å². The van der Waals surface area contributed by atoms with Crippen molar-refractivity contribution in [2.24, 2.45) is 0 Å². The Morgan fingerprint density at radius 1 is 0.920 bits per heavy atom. The molecular weight excluding hydrogens is 341 g/mol. The molecule has 0 spiro atoms. The highest BCUT2D eigenvalue weighted by Gasteiger charge is 2.06. The lowest BCUT2D eigenvalue weighted by Gasteiger charge is -2.08. The van der Waals surface area contributed by atoms with Gasteiger partial charge in [-0.2, -0.15) is 0 Å². The SMILES string of the molecule is O=C(Nc1ccc(F)cc1)c1ccc(COc2ccc(Cl)cc2)cc1. The van der Waals surface area contributed by atoms with Crippen molar-refractivity contribution >= 4 is 23.2 Å². The second-order valence-electron chi connectivity index (χ2n) is 5.40. The molecule has 0 aliphatic carbocycles. The van der Waals surface area contributed by atoms with Gasteiger partial charge in [-0.25, -0.2) is 4.39 Å². The molecule has 0 unspecified atom stereocenters. The van der Waals surface area contributed by atoms with Gasteiger partial charge in [-0.15, -0.1) is 0 Å². The molecule has 0 atom stereocenters. The molecule has 3 rings (SSSR count). The maximum absolute atomic E-state index is 12.9. The van der Waals surface area contributed by atoms with Crippen LogP contribution in [0, 0.1) is 5.82 Å². The molecule has 3 aromatic carbocycles. The van der Waals surface area contributed by atoms with Crippen molar-refractivity contribution in [2.45, 2.75) is 6.61 Å². The molecule has 0 aromatic heterocycles. The molecule has 0 fully saturated rings. The van der Waals surface area contributed by atoms with Crippen LogP contribution in [0.25, 0.3) is 0 Å². The van der Waals surface area contributed by atoms with E-state index in [4.69, 9.17) is 16.3 Å². The first-order chi connectivity index (χ1) is 12.1. The number of rotatable bonds is 5. The molecule has 0 saturated heterocycles. The van der Waals surface area contributed by atoms with Gasteiger partial charge in [0.15, 0.2) is 0 Å². The van der Waals surface area contributed by atoms with Crippen molar-refractivity contribution in [3.05, 3.63) is 94.8 Å². The van der Waals surface area contributed by atoms with E-state index in [1.165, 1.54) is 24.3 Å². The van der Waals surface area contributed by atoms with Gasteiger partial charge in [-0.3, -0.25) is 4.79 Å². The van der Waals surface area contributed by atoms with Crippen LogP contribution in [-0.4, -0.2) is 5.91 Å². The topological polar surface area (TPSA) is 38.3 Å². The van der Waals surface area contributed by atoms with Crippen LogP contribution < -0.4 is 10.1 Å².